The van der Waals surface area contributed by atoms with Gasteiger partial charge in [0.15, 0.2) is 0 Å². The first-order valence-electron chi connectivity index (χ1n) is 10.7. The van der Waals surface area contributed by atoms with Gasteiger partial charge in [-0.1, -0.05) is 29.8 Å². The average Bonchev–Trinajstić information content (AvgIpc) is 2.83. The van der Waals surface area contributed by atoms with Gasteiger partial charge in [-0.3, -0.25) is 9.59 Å². The van der Waals surface area contributed by atoms with Crippen LogP contribution in [0.25, 0.3) is 0 Å². The normalized spacial score (nSPS) is 14.0. The van der Waals surface area contributed by atoms with Crippen molar-refractivity contribution in [3.63, 3.8) is 0 Å². The van der Waals surface area contributed by atoms with Crippen molar-refractivity contribution in [2.24, 2.45) is 0 Å². The van der Waals surface area contributed by atoms with Crippen molar-refractivity contribution in [1.82, 2.24) is 9.88 Å². The van der Waals surface area contributed by atoms with E-state index in [-0.39, 0.29) is 48.5 Å². The number of carbonyl (C=O) groups excluding carboxylic acids is 2. The molecule has 1 fully saturated rings. The Balaban J connectivity index is 1.53. The number of nitriles is 1. The number of aromatic nitrogens is 1. The smallest absolute Gasteiger partial charge is 0.352 e. The molecule has 0 saturated carbocycles. The molecule has 7 nitrogen and oxygen atoms in total. The van der Waals surface area contributed by atoms with Gasteiger partial charge in [0.25, 0.3) is 0 Å². The number of para-hydroxylation sites is 1. The molecule has 0 aliphatic carbocycles. The van der Waals surface area contributed by atoms with E-state index in [9.17, 15) is 22.8 Å². The predicted octanol–water partition coefficient (Wildman–Crippen LogP) is 4.13. The lowest BCUT2D eigenvalue weighted by molar-refractivity contribution is -0.137. The molecule has 2 heterocycles. The Bertz CT molecular complexity index is 1050. The number of anilines is 2. The monoisotopic (exact) mass is 493 g/mol. The number of carbonyl (C=O) groups is 2. The largest absolute Gasteiger partial charge is 0.417 e. The quantitative estimate of drug-likeness (QED) is 0.579. The third kappa shape index (κ3) is 6.38. The molecule has 0 N–H and O–H groups in total. The second kappa shape index (κ2) is 11.2. The highest BCUT2D eigenvalue weighted by atomic mass is 35.5. The van der Waals surface area contributed by atoms with Crippen LogP contribution in [0, 0.1) is 11.3 Å². The molecule has 1 aromatic heterocycles. The van der Waals surface area contributed by atoms with Crippen molar-refractivity contribution >= 4 is 34.9 Å². The van der Waals surface area contributed by atoms with Gasteiger partial charge in [0.05, 0.1) is 23.1 Å². The van der Waals surface area contributed by atoms with Crippen LogP contribution in [0.15, 0.2) is 42.6 Å². The summed E-state index contributed by atoms with van der Waals surface area (Å²) < 4.78 is 38.5. The van der Waals surface area contributed by atoms with Crippen molar-refractivity contribution in [1.29, 1.82) is 5.26 Å². The van der Waals surface area contributed by atoms with E-state index in [1.54, 1.807) is 34.1 Å². The molecule has 11 heteroatoms. The number of rotatable bonds is 7. The number of halogens is 4. The summed E-state index contributed by atoms with van der Waals surface area (Å²) in [5.74, 6) is -0.185. The molecule has 0 spiro atoms. The maximum Gasteiger partial charge on any atom is 0.417 e. The Hall–Kier alpha value is -3.32. The van der Waals surface area contributed by atoms with E-state index in [0.717, 1.165) is 12.3 Å². The van der Waals surface area contributed by atoms with Crippen molar-refractivity contribution in [3.8, 4) is 6.07 Å². The molecule has 0 atom stereocenters. The Morgan fingerprint density at radius 2 is 1.79 bits per heavy atom. The number of hydrogen-bond donors (Lipinski definition) is 0. The highest BCUT2D eigenvalue weighted by Crippen LogP contribution is 2.33. The van der Waals surface area contributed by atoms with E-state index in [0.29, 0.717) is 31.9 Å². The van der Waals surface area contributed by atoms with Gasteiger partial charge in [-0.2, -0.15) is 18.4 Å². The molecule has 2 aromatic rings. The van der Waals surface area contributed by atoms with Crippen molar-refractivity contribution in [3.05, 3.63) is 53.2 Å². The van der Waals surface area contributed by atoms with Crippen LogP contribution in [0.1, 0.15) is 24.8 Å². The van der Waals surface area contributed by atoms with E-state index in [2.05, 4.69) is 4.98 Å². The predicted molar refractivity (Wildman–Crippen MR) is 121 cm³/mol. The maximum atomic E-state index is 12.8. The molecule has 0 bridgehead atoms. The summed E-state index contributed by atoms with van der Waals surface area (Å²) in [6.07, 6.45) is -3.58. The molecule has 3 rings (SSSR count). The van der Waals surface area contributed by atoms with Crippen LogP contribution in [0.3, 0.4) is 0 Å². The number of hydrogen-bond acceptors (Lipinski definition) is 5. The van der Waals surface area contributed by atoms with Crippen LogP contribution < -0.4 is 9.80 Å². The van der Waals surface area contributed by atoms with Crippen LogP contribution in [0.4, 0.5) is 24.7 Å². The molecule has 1 aliphatic rings. The molecule has 34 heavy (non-hydrogen) atoms. The van der Waals surface area contributed by atoms with Crippen molar-refractivity contribution in [2.75, 3.05) is 42.5 Å². The topological polar surface area (TPSA) is 80.5 Å². The number of alkyl halides is 3. The lowest BCUT2D eigenvalue weighted by atomic mass is 10.2. The summed E-state index contributed by atoms with van der Waals surface area (Å²) in [5, 5.41) is 8.79. The van der Waals surface area contributed by atoms with Crippen LogP contribution in [-0.4, -0.2) is 54.4 Å². The fraction of sp³-hybridized carbons (Fsp3) is 0.391. The summed E-state index contributed by atoms with van der Waals surface area (Å²) in [6, 6.07) is 11.8. The van der Waals surface area contributed by atoms with E-state index in [1.807, 2.05) is 12.1 Å². The Morgan fingerprint density at radius 3 is 2.38 bits per heavy atom. The third-order valence-corrected chi connectivity index (χ3v) is 5.73. The third-order valence-electron chi connectivity index (χ3n) is 5.45. The zero-order valence-electron chi connectivity index (χ0n) is 18.3. The van der Waals surface area contributed by atoms with E-state index >= 15 is 0 Å². The van der Waals surface area contributed by atoms with Gasteiger partial charge in [0.2, 0.25) is 11.8 Å². The Morgan fingerprint density at radius 1 is 1.12 bits per heavy atom. The minimum absolute atomic E-state index is 0.00561. The zero-order chi connectivity index (χ0) is 24.7. The Labute approximate surface area is 200 Å². The lowest BCUT2D eigenvalue weighted by Gasteiger charge is -2.36. The van der Waals surface area contributed by atoms with Gasteiger partial charge < -0.3 is 14.7 Å². The van der Waals surface area contributed by atoms with Crippen LogP contribution >= 0.6 is 11.6 Å². The van der Waals surface area contributed by atoms with Crippen molar-refractivity contribution < 1.29 is 22.8 Å². The summed E-state index contributed by atoms with van der Waals surface area (Å²) in [4.78, 5) is 34.1. The summed E-state index contributed by atoms with van der Waals surface area (Å²) >= 11 is 6.02. The maximum absolute atomic E-state index is 12.8. The average molecular weight is 494 g/mol. The standard InChI is InChI=1S/C23H23ClF3N5O2/c24-19-15-17(23(25,26)27)16-29-22(19)31-13-11-30(12-14-31)20(33)7-8-21(34)32(10-4-9-28)18-5-2-1-3-6-18/h1-3,5-6,15-16H,4,7-8,10-14H2. The van der Waals surface area contributed by atoms with Gasteiger partial charge in [-0.05, 0) is 18.2 Å². The molecule has 1 saturated heterocycles. The first-order valence-corrected chi connectivity index (χ1v) is 11.1. The number of piperazine rings is 1. The fourth-order valence-corrected chi connectivity index (χ4v) is 3.95. The zero-order valence-corrected chi connectivity index (χ0v) is 19.0. The van der Waals surface area contributed by atoms with Gasteiger partial charge in [0, 0.05) is 57.4 Å². The first-order chi connectivity index (χ1) is 16.2. The molecule has 0 radical (unpaired) electrons. The summed E-state index contributed by atoms with van der Waals surface area (Å²) in [7, 11) is 0. The van der Waals surface area contributed by atoms with Crippen LogP contribution in [0.5, 0.6) is 0 Å². The minimum atomic E-state index is -4.53. The number of benzene rings is 1. The molecule has 2 amide bonds. The van der Waals surface area contributed by atoms with E-state index in [4.69, 9.17) is 16.9 Å². The van der Waals surface area contributed by atoms with E-state index in [1.165, 1.54) is 4.90 Å². The summed E-state index contributed by atoms with van der Waals surface area (Å²) in [6.45, 7) is 1.63. The fourth-order valence-electron chi connectivity index (χ4n) is 3.66. The molecular formula is C23H23ClF3N5O2. The second-order valence-electron chi connectivity index (χ2n) is 7.68. The molecular weight excluding hydrogens is 471 g/mol. The number of nitrogens with zero attached hydrogens (tertiary/aromatic N) is 5. The molecule has 180 valence electrons. The Kier molecular flexibility index (Phi) is 8.34. The lowest BCUT2D eigenvalue weighted by Crippen LogP contribution is -2.49. The number of amides is 2. The molecule has 1 aliphatic heterocycles. The van der Waals surface area contributed by atoms with Crippen LogP contribution in [-0.2, 0) is 15.8 Å². The van der Waals surface area contributed by atoms with Gasteiger partial charge >= 0.3 is 6.18 Å². The van der Waals surface area contributed by atoms with Gasteiger partial charge in [-0.25, -0.2) is 4.98 Å². The highest BCUT2D eigenvalue weighted by Gasteiger charge is 2.32. The summed E-state index contributed by atoms with van der Waals surface area (Å²) in [5.41, 5.74) is -0.246. The van der Waals surface area contributed by atoms with Gasteiger partial charge in [-0.15, -0.1) is 0 Å². The van der Waals surface area contributed by atoms with Crippen molar-refractivity contribution in [2.45, 2.75) is 25.4 Å². The molecule has 1 aromatic carbocycles. The van der Waals surface area contributed by atoms with Crippen LogP contribution in [0.2, 0.25) is 5.02 Å². The minimum Gasteiger partial charge on any atom is -0.352 e. The second-order valence-corrected chi connectivity index (χ2v) is 8.09. The van der Waals surface area contributed by atoms with Gasteiger partial charge in [0.1, 0.15) is 5.82 Å². The number of pyridine rings is 1. The highest BCUT2D eigenvalue weighted by molar-refractivity contribution is 6.33. The van der Waals surface area contributed by atoms with E-state index < -0.39 is 11.7 Å². The SMILES string of the molecule is N#CCCN(C(=O)CCC(=O)N1CCN(c2ncc(C(F)(F)F)cc2Cl)CC1)c1ccccc1. The molecule has 0 unspecified atom stereocenters. The first kappa shape index (κ1) is 25.3.